The average molecular weight is 311 g/mol. The monoisotopic (exact) mass is 311 g/mol. The summed E-state index contributed by atoms with van der Waals surface area (Å²) >= 11 is 0. The molecule has 0 radical (unpaired) electrons. The molecule has 6 nitrogen and oxygen atoms in total. The first-order valence-corrected chi connectivity index (χ1v) is 8.29. The fourth-order valence-corrected chi connectivity index (χ4v) is 3.52. The smallest absolute Gasteiger partial charge is 0.240 e. The normalized spacial score (nSPS) is 20.0. The molecule has 6 heteroatoms. The summed E-state index contributed by atoms with van der Waals surface area (Å²) in [4.78, 5) is 18.8. The summed E-state index contributed by atoms with van der Waals surface area (Å²) in [6, 6.07) is 8.51. The van der Waals surface area contributed by atoms with Crippen LogP contribution in [-0.4, -0.2) is 39.8 Å². The van der Waals surface area contributed by atoms with Gasteiger partial charge in [0.2, 0.25) is 5.91 Å². The number of fused-ring (bicyclic) bond motifs is 2. The Labute approximate surface area is 135 Å². The van der Waals surface area contributed by atoms with Crippen molar-refractivity contribution in [2.75, 3.05) is 18.0 Å². The first-order chi connectivity index (χ1) is 11.3. The van der Waals surface area contributed by atoms with E-state index in [2.05, 4.69) is 27.5 Å². The molecule has 0 saturated carbocycles. The molecule has 0 aliphatic carbocycles. The number of aromatic nitrogens is 3. The van der Waals surface area contributed by atoms with E-state index in [1.807, 2.05) is 21.7 Å². The number of anilines is 1. The highest BCUT2D eigenvalue weighted by Crippen LogP contribution is 2.26. The molecule has 0 unspecified atom stereocenters. The van der Waals surface area contributed by atoms with Gasteiger partial charge in [0.1, 0.15) is 12.2 Å². The third kappa shape index (κ3) is 2.86. The van der Waals surface area contributed by atoms with Gasteiger partial charge in [-0.1, -0.05) is 18.2 Å². The van der Waals surface area contributed by atoms with Crippen LogP contribution in [0, 0.1) is 0 Å². The number of amides is 1. The van der Waals surface area contributed by atoms with E-state index in [9.17, 15) is 4.79 Å². The van der Waals surface area contributed by atoms with Gasteiger partial charge in [-0.3, -0.25) is 4.79 Å². The van der Waals surface area contributed by atoms with E-state index in [0.717, 1.165) is 50.3 Å². The van der Waals surface area contributed by atoms with Crippen LogP contribution in [0.2, 0.25) is 0 Å². The van der Waals surface area contributed by atoms with E-state index in [1.165, 1.54) is 5.56 Å². The minimum Gasteiger partial charge on any atom is -0.311 e. The molecule has 0 bridgehead atoms. The van der Waals surface area contributed by atoms with Crippen LogP contribution in [0.15, 0.2) is 30.6 Å². The van der Waals surface area contributed by atoms with Crippen molar-refractivity contribution >= 4 is 11.6 Å². The van der Waals surface area contributed by atoms with E-state index in [0.29, 0.717) is 6.54 Å². The first-order valence-electron chi connectivity index (χ1n) is 8.29. The van der Waals surface area contributed by atoms with Crippen LogP contribution in [-0.2, 0) is 24.2 Å². The zero-order chi connectivity index (χ0) is 15.6. The number of hydrogen-bond acceptors (Lipinski definition) is 4. The van der Waals surface area contributed by atoms with Crippen molar-refractivity contribution in [2.45, 2.75) is 38.3 Å². The number of hydrogen-bond donors (Lipinski definition) is 1. The van der Waals surface area contributed by atoms with Gasteiger partial charge in [-0.15, -0.1) is 0 Å². The molecule has 0 fully saturated rings. The molecule has 4 rings (SSSR count). The van der Waals surface area contributed by atoms with Crippen LogP contribution in [0.4, 0.5) is 5.69 Å². The SMILES string of the molecule is O=C(CN[C@@H]1CCc2ncnn2C1)N1CCCc2ccccc21. The first kappa shape index (κ1) is 14.4. The second-order valence-electron chi connectivity index (χ2n) is 6.25. The Kier molecular flexibility index (Phi) is 3.83. The second kappa shape index (κ2) is 6.12. The minimum absolute atomic E-state index is 0.154. The highest BCUT2D eigenvalue weighted by atomic mass is 16.2. The van der Waals surface area contributed by atoms with Crippen LogP contribution in [0.5, 0.6) is 0 Å². The topological polar surface area (TPSA) is 63.1 Å². The number of nitrogens with one attached hydrogen (secondary N) is 1. The van der Waals surface area contributed by atoms with Gasteiger partial charge in [-0.25, -0.2) is 9.67 Å². The molecule has 1 amide bonds. The quantitative estimate of drug-likeness (QED) is 0.924. The molecule has 120 valence electrons. The lowest BCUT2D eigenvalue weighted by Gasteiger charge is -2.30. The molecule has 23 heavy (non-hydrogen) atoms. The van der Waals surface area contributed by atoms with Gasteiger partial charge in [-0.05, 0) is 30.9 Å². The third-order valence-corrected chi connectivity index (χ3v) is 4.76. The summed E-state index contributed by atoms with van der Waals surface area (Å²) in [7, 11) is 0. The van der Waals surface area contributed by atoms with Crippen LogP contribution in [0.3, 0.4) is 0 Å². The number of rotatable bonds is 3. The van der Waals surface area contributed by atoms with Crippen LogP contribution < -0.4 is 10.2 Å². The fourth-order valence-electron chi connectivity index (χ4n) is 3.52. The molecule has 1 aromatic carbocycles. The lowest BCUT2D eigenvalue weighted by atomic mass is 10.0. The molecular formula is C17H21N5O. The fraction of sp³-hybridized carbons (Fsp3) is 0.471. The standard InChI is InChI=1S/C17H21N5O/c23-17(21-9-3-5-13-4-1-2-6-15(13)21)10-18-14-7-8-16-19-12-20-22(16)11-14/h1-2,4,6,12,14,18H,3,5,7-11H2/t14-/m1/s1. The van der Waals surface area contributed by atoms with E-state index >= 15 is 0 Å². The number of carbonyl (C=O) groups is 1. The molecule has 2 aromatic rings. The molecule has 0 saturated heterocycles. The Morgan fingerprint density at radius 2 is 2.22 bits per heavy atom. The molecule has 1 aromatic heterocycles. The predicted molar refractivity (Wildman–Crippen MR) is 87.2 cm³/mol. The third-order valence-electron chi connectivity index (χ3n) is 4.76. The summed E-state index contributed by atoms with van der Waals surface area (Å²) in [6.45, 7) is 1.98. The zero-order valence-corrected chi connectivity index (χ0v) is 13.1. The molecule has 1 atom stereocenters. The summed E-state index contributed by atoms with van der Waals surface area (Å²) in [5, 5.41) is 7.62. The minimum atomic E-state index is 0.154. The Balaban J connectivity index is 1.38. The van der Waals surface area contributed by atoms with E-state index < -0.39 is 0 Å². The van der Waals surface area contributed by atoms with Crippen LogP contribution in [0.25, 0.3) is 0 Å². The van der Waals surface area contributed by atoms with Crippen molar-refractivity contribution in [2.24, 2.45) is 0 Å². The van der Waals surface area contributed by atoms with Gasteiger partial charge < -0.3 is 10.2 Å². The van der Waals surface area contributed by atoms with Crippen LogP contribution in [0.1, 0.15) is 24.2 Å². The van der Waals surface area contributed by atoms with Gasteiger partial charge in [0.25, 0.3) is 0 Å². The van der Waals surface area contributed by atoms with Crippen molar-refractivity contribution in [3.8, 4) is 0 Å². The van der Waals surface area contributed by atoms with Crippen molar-refractivity contribution in [3.63, 3.8) is 0 Å². The van der Waals surface area contributed by atoms with Crippen molar-refractivity contribution < 1.29 is 4.79 Å². The Hall–Kier alpha value is -2.21. The van der Waals surface area contributed by atoms with Crippen molar-refractivity contribution in [3.05, 3.63) is 42.0 Å². The summed E-state index contributed by atoms with van der Waals surface area (Å²) in [5.74, 6) is 1.20. The van der Waals surface area contributed by atoms with E-state index in [-0.39, 0.29) is 11.9 Å². The number of nitrogens with zero attached hydrogens (tertiary/aromatic N) is 4. The van der Waals surface area contributed by atoms with Gasteiger partial charge in [0, 0.05) is 24.7 Å². The van der Waals surface area contributed by atoms with Crippen LogP contribution >= 0.6 is 0 Å². The number of aryl methyl sites for hydroxylation is 2. The maximum absolute atomic E-state index is 12.6. The average Bonchev–Trinajstić information content (AvgIpc) is 3.07. The summed E-state index contributed by atoms with van der Waals surface area (Å²) in [5.41, 5.74) is 2.35. The summed E-state index contributed by atoms with van der Waals surface area (Å²) in [6.07, 6.45) is 5.62. The van der Waals surface area contributed by atoms with Gasteiger partial charge in [0.15, 0.2) is 0 Å². The maximum Gasteiger partial charge on any atom is 0.240 e. The molecule has 0 spiro atoms. The second-order valence-corrected chi connectivity index (χ2v) is 6.25. The lowest BCUT2D eigenvalue weighted by Crippen LogP contribution is -2.46. The zero-order valence-electron chi connectivity index (χ0n) is 13.1. The lowest BCUT2D eigenvalue weighted by molar-refractivity contribution is -0.118. The van der Waals surface area contributed by atoms with Crippen molar-refractivity contribution in [1.29, 1.82) is 0 Å². The largest absolute Gasteiger partial charge is 0.311 e. The predicted octanol–water partition coefficient (Wildman–Crippen LogP) is 1.16. The molecule has 2 aliphatic heterocycles. The van der Waals surface area contributed by atoms with E-state index in [4.69, 9.17) is 0 Å². The highest BCUT2D eigenvalue weighted by Gasteiger charge is 2.24. The van der Waals surface area contributed by atoms with Gasteiger partial charge in [-0.2, -0.15) is 5.10 Å². The maximum atomic E-state index is 12.6. The number of carbonyl (C=O) groups excluding carboxylic acids is 1. The molecule has 1 N–H and O–H groups in total. The van der Waals surface area contributed by atoms with Gasteiger partial charge >= 0.3 is 0 Å². The molecular weight excluding hydrogens is 290 g/mol. The van der Waals surface area contributed by atoms with Gasteiger partial charge in [0.05, 0.1) is 13.1 Å². The molecule has 3 heterocycles. The highest BCUT2D eigenvalue weighted by molar-refractivity contribution is 5.95. The number of para-hydroxylation sites is 1. The summed E-state index contributed by atoms with van der Waals surface area (Å²) < 4.78 is 1.93. The van der Waals surface area contributed by atoms with Crippen molar-refractivity contribution in [1.82, 2.24) is 20.1 Å². The number of benzene rings is 1. The Morgan fingerprint density at radius 3 is 3.17 bits per heavy atom. The Morgan fingerprint density at radius 1 is 1.30 bits per heavy atom. The Bertz CT molecular complexity index is 711. The van der Waals surface area contributed by atoms with E-state index in [1.54, 1.807) is 6.33 Å². The molecule has 2 aliphatic rings.